The van der Waals surface area contributed by atoms with Gasteiger partial charge in [-0.15, -0.1) is 0 Å². The van der Waals surface area contributed by atoms with Crippen molar-refractivity contribution in [2.75, 3.05) is 12.4 Å². The molecule has 0 aromatic carbocycles. The number of aromatic nitrogens is 4. The van der Waals surface area contributed by atoms with E-state index < -0.39 is 11.9 Å². The topological polar surface area (TPSA) is 55.6 Å². The molecule has 0 saturated carbocycles. The maximum absolute atomic E-state index is 12.7. The van der Waals surface area contributed by atoms with E-state index in [2.05, 4.69) is 20.3 Å². The standard InChI is InChI=1S/C10H10F3N5/c1-14-9-16-6(8-15-3-4-18(8)2)5-7(17-9)10(11,12)13/h3-5H,1-2H3,(H,14,16,17). The molecule has 0 aliphatic carbocycles. The van der Waals surface area contributed by atoms with E-state index in [1.807, 2.05) is 0 Å². The van der Waals surface area contributed by atoms with Crippen molar-refractivity contribution in [1.29, 1.82) is 0 Å². The van der Waals surface area contributed by atoms with E-state index in [1.54, 1.807) is 17.8 Å². The summed E-state index contributed by atoms with van der Waals surface area (Å²) in [6, 6.07) is 0.878. The molecule has 2 aromatic rings. The number of halogens is 3. The third kappa shape index (κ3) is 2.27. The van der Waals surface area contributed by atoms with E-state index in [9.17, 15) is 13.2 Å². The third-order valence-electron chi connectivity index (χ3n) is 2.29. The molecule has 0 spiro atoms. The van der Waals surface area contributed by atoms with Gasteiger partial charge < -0.3 is 9.88 Å². The molecule has 1 N–H and O–H groups in total. The number of nitrogens with zero attached hydrogens (tertiary/aromatic N) is 4. The summed E-state index contributed by atoms with van der Waals surface area (Å²) in [4.78, 5) is 11.3. The highest BCUT2D eigenvalue weighted by Gasteiger charge is 2.34. The zero-order chi connectivity index (χ0) is 13.3. The van der Waals surface area contributed by atoms with Crippen molar-refractivity contribution in [1.82, 2.24) is 19.5 Å². The van der Waals surface area contributed by atoms with Crippen LogP contribution in [0.5, 0.6) is 0 Å². The maximum Gasteiger partial charge on any atom is 0.433 e. The smallest absolute Gasteiger partial charge is 0.357 e. The number of alkyl halides is 3. The summed E-state index contributed by atoms with van der Waals surface area (Å²) < 4.78 is 39.6. The van der Waals surface area contributed by atoms with Gasteiger partial charge in [-0.25, -0.2) is 15.0 Å². The van der Waals surface area contributed by atoms with Crippen LogP contribution in [0.3, 0.4) is 0 Å². The van der Waals surface area contributed by atoms with Crippen LogP contribution in [0.2, 0.25) is 0 Å². The van der Waals surface area contributed by atoms with Crippen LogP contribution in [-0.4, -0.2) is 26.6 Å². The highest BCUT2D eigenvalue weighted by Crippen LogP contribution is 2.30. The van der Waals surface area contributed by atoms with Gasteiger partial charge in [0.2, 0.25) is 5.95 Å². The van der Waals surface area contributed by atoms with Gasteiger partial charge in [-0.2, -0.15) is 13.2 Å². The lowest BCUT2D eigenvalue weighted by Crippen LogP contribution is -2.12. The zero-order valence-electron chi connectivity index (χ0n) is 9.65. The Hall–Kier alpha value is -2.12. The number of aryl methyl sites for hydroxylation is 1. The van der Waals surface area contributed by atoms with Crippen LogP contribution >= 0.6 is 0 Å². The second-order valence-electron chi connectivity index (χ2n) is 3.57. The van der Waals surface area contributed by atoms with Crippen molar-refractivity contribution in [2.45, 2.75) is 6.18 Å². The van der Waals surface area contributed by atoms with Gasteiger partial charge in [0.15, 0.2) is 11.5 Å². The average molecular weight is 257 g/mol. The van der Waals surface area contributed by atoms with Crippen LogP contribution in [-0.2, 0) is 13.2 Å². The molecular formula is C10H10F3N5. The summed E-state index contributed by atoms with van der Waals surface area (Å²) in [7, 11) is 3.13. The molecule has 0 amide bonds. The van der Waals surface area contributed by atoms with E-state index in [-0.39, 0.29) is 11.6 Å². The molecule has 18 heavy (non-hydrogen) atoms. The molecular weight excluding hydrogens is 247 g/mol. The summed E-state index contributed by atoms with van der Waals surface area (Å²) in [6.45, 7) is 0. The van der Waals surface area contributed by atoms with Gasteiger partial charge in [-0.05, 0) is 6.07 Å². The molecule has 0 saturated heterocycles. The second kappa shape index (κ2) is 4.28. The van der Waals surface area contributed by atoms with Crippen molar-refractivity contribution < 1.29 is 13.2 Å². The van der Waals surface area contributed by atoms with Gasteiger partial charge in [0.25, 0.3) is 0 Å². The fraction of sp³-hybridized carbons (Fsp3) is 0.300. The molecule has 0 fully saturated rings. The fourth-order valence-corrected chi connectivity index (χ4v) is 1.43. The maximum atomic E-state index is 12.7. The highest BCUT2D eigenvalue weighted by atomic mass is 19.4. The minimum atomic E-state index is -4.52. The van der Waals surface area contributed by atoms with Crippen molar-refractivity contribution in [2.24, 2.45) is 7.05 Å². The number of hydrogen-bond donors (Lipinski definition) is 1. The Balaban J connectivity index is 2.58. The van der Waals surface area contributed by atoms with Crippen LogP contribution in [0, 0.1) is 0 Å². The Morgan fingerprint density at radius 2 is 2.00 bits per heavy atom. The Labute approximate surface area is 101 Å². The number of hydrogen-bond acceptors (Lipinski definition) is 4. The molecule has 0 aliphatic rings. The molecule has 0 bridgehead atoms. The Morgan fingerprint density at radius 3 is 2.50 bits per heavy atom. The van der Waals surface area contributed by atoms with Gasteiger partial charge >= 0.3 is 6.18 Å². The predicted octanol–water partition coefficient (Wildman–Crippen LogP) is 1.94. The Morgan fingerprint density at radius 1 is 1.28 bits per heavy atom. The van der Waals surface area contributed by atoms with Crippen LogP contribution < -0.4 is 5.32 Å². The first kappa shape index (κ1) is 12.3. The summed E-state index contributed by atoms with van der Waals surface area (Å²) in [5.74, 6) is 0.252. The summed E-state index contributed by atoms with van der Waals surface area (Å²) in [5.41, 5.74) is -0.881. The van der Waals surface area contributed by atoms with Gasteiger partial charge in [0, 0.05) is 26.5 Å². The third-order valence-corrected chi connectivity index (χ3v) is 2.29. The van der Waals surface area contributed by atoms with Crippen LogP contribution in [0.1, 0.15) is 5.69 Å². The van der Waals surface area contributed by atoms with Gasteiger partial charge in [0.1, 0.15) is 5.69 Å². The molecule has 0 unspecified atom stereocenters. The zero-order valence-corrected chi connectivity index (χ0v) is 9.65. The minimum absolute atomic E-state index is 0.0946. The first-order valence-corrected chi connectivity index (χ1v) is 5.03. The van der Waals surface area contributed by atoms with Crippen molar-refractivity contribution in [3.63, 3.8) is 0 Å². The number of rotatable bonds is 2. The van der Waals surface area contributed by atoms with Gasteiger partial charge in [-0.3, -0.25) is 0 Å². The quantitative estimate of drug-likeness (QED) is 0.893. The summed E-state index contributed by atoms with van der Waals surface area (Å²) >= 11 is 0. The van der Waals surface area contributed by atoms with Crippen LogP contribution in [0.4, 0.5) is 19.1 Å². The number of anilines is 1. The van der Waals surface area contributed by atoms with Crippen molar-refractivity contribution in [3.05, 3.63) is 24.2 Å². The van der Waals surface area contributed by atoms with Crippen molar-refractivity contribution >= 4 is 5.95 Å². The number of imidazole rings is 1. The van der Waals surface area contributed by atoms with E-state index >= 15 is 0 Å². The van der Waals surface area contributed by atoms with E-state index in [4.69, 9.17) is 0 Å². The van der Waals surface area contributed by atoms with Gasteiger partial charge in [0.05, 0.1) is 0 Å². The second-order valence-corrected chi connectivity index (χ2v) is 3.57. The SMILES string of the molecule is CNc1nc(-c2nccn2C)cc(C(F)(F)F)n1. The van der Waals surface area contributed by atoms with E-state index in [0.29, 0.717) is 5.82 Å². The minimum Gasteiger partial charge on any atom is -0.357 e. The molecule has 96 valence electrons. The Kier molecular flexibility index (Phi) is 2.93. The van der Waals surface area contributed by atoms with Crippen molar-refractivity contribution in [3.8, 4) is 11.5 Å². The molecule has 5 nitrogen and oxygen atoms in total. The lowest BCUT2D eigenvalue weighted by Gasteiger charge is -2.09. The van der Waals surface area contributed by atoms with Gasteiger partial charge in [-0.1, -0.05) is 0 Å². The molecule has 0 aliphatic heterocycles. The van der Waals surface area contributed by atoms with E-state index in [1.165, 1.54) is 13.2 Å². The number of nitrogens with one attached hydrogen (secondary N) is 1. The molecule has 0 atom stereocenters. The lowest BCUT2D eigenvalue weighted by atomic mass is 10.3. The molecule has 2 heterocycles. The highest BCUT2D eigenvalue weighted by molar-refractivity contribution is 5.53. The first-order valence-electron chi connectivity index (χ1n) is 5.03. The first-order chi connectivity index (χ1) is 8.41. The average Bonchev–Trinajstić information content (AvgIpc) is 2.73. The fourth-order valence-electron chi connectivity index (χ4n) is 1.43. The summed E-state index contributed by atoms with van der Waals surface area (Å²) in [5, 5.41) is 2.50. The molecule has 2 rings (SSSR count). The summed E-state index contributed by atoms with van der Waals surface area (Å²) in [6.07, 6.45) is -1.40. The van der Waals surface area contributed by atoms with Crippen LogP contribution in [0.15, 0.2) is 18.5 Å². The normalized spacial score (nSPS) is 11.6. The monoisotopic (exact) mass is 257 g/mol. The largest absolute Gasteiger partial charge is 0.433 e. The van der Waals surface area contributed by atoms with E-state index in [0.717, 1.165) is 6.07 Å². The Bertz CT molecular complexity index is 561. The van der Waals surface area contributed by atoms with Crippen LogP contribution in [0.25, 0.3) is 11.5 Å². The lowest BCUT2D eigenvalue weighted by molar-refractivity contribution is -0.141. The molecule has 0 radical (unpaired) electrons. The predicted molar refractivity (Wildman–Crippen MR) is 58.8 cm³/mol. The molecule has 2 aromatic heterocycles. The molecule has 8 heteroatoms.